The van der Waals surface area contributed by atoms with E-state index in [1.807, 2.05) is 18.2 Å². The minimum atomic E-state index is -4.36. The number of aliphatic imine (C=N–C) groups is 1. The molecule has 1 aliphatic rings. The van der Waals surface area contributed by atoms with Crippen molar-refractivity contribution in [3.63, 3.8) is 0 Å². The van der Waals surface area contributed by atoms with Crippen molar-refractivity contribution >= 4 is 22.4 Å². The van der Waals surface area contributed by atoms with Gasteiger partial charge in [0.2, 0.25) is 5.89 Å². The summed E-state index contributed by atoms with van der Waals surface area (Å²) in [5.74, 6) is 0.306. The first-order chi connectivity index (χ1) is 13.6. The average Bonchev–Trinajstić information content (AvgIpc) is 3.10. The Kier molecular flexibility index (Phi) is 4.60. The van der Waals surface area contributed by atoms with Gasteiger partial charge >= 0.3 is 6.18 Å². The van der Waals surface area contributed by atoms with Crippen LogP contribution in [0.4, 0.5) is 13.2 Å². The van der Waals surface area contributed by atoms with Crippen LogP contribution in [-0.2, 0) is 6.18 Å². The second-order valence-electron chi connectivity index (χ2n) is 8.21. The van der Waals surface area contributed by atoms with Crippen molar-refractivity contribution in [3.05, 3.63) is 59.7 Å². The second kappa shape index (κ2) is 6.87. The maximum absolute atomic E-state index is 12.8. The minimum absolute atomic E-state index is 0.0145. The summed E-state index contributed by atoms with van der Waals surface area (Å²) in [6.45, 7) is 7.18. The van der Waals surface area contributed by atoms with Gasteiger partial charge in [0, 0.05) is 23.2 Å². The molecular formula is C23H21F3N2O. The van der Waals surface area contributed by atoms with Gasteiger partial charge in [0.05, 0.1) is 5.56 Å². The quantitative estimate of drug-likeness (QED) is 0.477. The fraction of sp³-hybridized carbons (Fsp3) is 0.304. The largest absolute Gasteiger partial charge is 0.436 e. The molecule has 0 spiro atoms. The lowest BCUT2D eigenvalue weighted by molar-refractivity contribution is -0.137. The molecule has 6 heteroatoms. The van der Waals surface area contributed by atoms with Crippen LogP contribution in [0.1, 0.15) is 38.3 Å². The minimum Gasteiger partial charge on any atom is -0.436 e. The first-order valence-corrected chi connectivity index (χ1v) is 9.45. The van der Waals surface area contributed by atoms with E-state index < -0.39 is 11.7 Å². The van der Waals surface area contributed by atoms with Crippen LogP contribution < -0.4 is 0 Å². The predicted molar refractivity (Wildman–Crippen MR) is 109 cm³/mol. The van der Waals surface area contributed by atoms with Gasteiger partial charge in [-0.05, 0) is 60.0 Å². The van der Waals surface area contributed by atoms with Crippen LogP contribution >= 0.6 is 0 Å². The Hall–Kier alpha value is -2.89. The van der Waals surface area contributed by atoms with E-state index in [9.17, 15) is 13.2 Å². The number of hydrogen-bond donors (Lipinski definition) is 0. The van der Waals surface area contributed by atoms with Crippen LogP contribution in [0.5, 0.6) is 0 Å². The zero-order chi connectivity index (χ0) is 20.8. The van der Waals surface area contributed by atoms with Crippen molar-refractivity contribution in [2.45, 2.75) is 33.4 Å². The fourth-order valence-corrected chi connectivity index (χ4v) is 3.31. The molecule has 4 rings (SSSR count). The molecule has 1 aromatic heterocycles. The summed E-state index contributed by atoms with van der Waals surface area (Å²) in [6, 6.07) is 10.6. The number of oxazole rings is 1. The van der Waals surface area contributed by atoms with E-state index >= 15 is 0 Å². The number of hydrogen-bond acceptors (Lipinski definition) is 3. The number of alkyl halides is 3. The summed E-state index contributed by atoms with van der Waals surface area (Å²) >= 11 is 0. The normalized spacial score (nSPS) is 15.4. The van der Waals surface area contributed by atoms with E-state index in [1.165, 1.54) is 17.7 Å². The number of dihydropyridines is 1. The highest BCUT2D eigenvalue weighted by Crippen LogP contribution is 2.33. The summed E-state index contributed by atoms with van der Waals surface area (Å²) in [5, 5.41) is 0. The summed E-state index contributed by atoms with van der Waals surface area (Å²) < 4.78 is 44.0. The number of halogens is 3. The van der Waals surface area contributed by atoms with Gasteiger partial charge < -0.3 is 4.42 Å². The van der Waals surface area contributed by atoms with E-state index in [0.29, 0.717) is 22.6 Å². The van der Waals surface area contributed by atoms with Gasteiger partial charge in [0.25, 0.3) is 0 Å². The molecule has 0 atom stereocenters. The molecule has 0 bridgehead atoms. The Morgan fingerprint density at radius 3 is 2.28 bits per heavy atom. The predicted octanol–water partition coefficient (Wildman–Crippen LogP) is 6.79. The van der Waals surface area contributed by atoms with E-state index in [0.717, 1.165) is 36.4 Å². The molecule has 2 heterocycles. The Morgan fingerprint density at radius 1 is 0.931 bits per heavy atom. The van der Waals surface area contributed by atoms with E-state index in [4.69, 9.17) is 4.42 Å². The van der Waals surface area contributed by atoms with Crippen molar-refractivity contribution in [3.8, 4) is 11.5 Å². The Bertz CT molecular complexity index is 1110. The van der Waals surface area contributed by atoms with Crippen LogP contribution in [0.2, 0.25) is 0 Å². The molecule has 3 aromatic rings. The molecular weight excluding hydrogens is 377 g/mol. The molecule has 3 nitrogen and oxygen atoms in total. The second-order valence-corrected chi connectivity index (χ2v) is 8.21. The molecule has 0 fully saturated rings. The Balaban J connectivity index is 1.67. The molecule has 0 N–H and O–H groups in total. The molecule has 0 radical (unpaired) electrons. The third kappa shape index (κ3) is 3.97. The number of allylic oxidation sites excluding steroid dienone is 1. The summed E-state index contributed by atoms with van der Waals surface area (Å²) in [4.78, 5) is 9.13. The third-order valence-corrected chi connectivity index (χ3v) is 4.96. The highest BCUT2D eigenvalue weighted by molar-refractivity contribution is 6.05. The molecule has 0 unspecified atom stereocenters. The number of nitrogens with zero attached hydrogens (tertiary/aromatic N) is 2. The van der Waals surface area contributed by atoms with Crippen molar-refractivity contribution < 1.29 is 17.6 Å². The molecule has 0 amide bonds. The van der Waals surface area contributed by atoms with Gasteiger partial charge in [-0.3, -0.25) is 4.99 Å². The molecule has 0 saturated heterocycles. The maximum atomic E-state index is 12.8. The van der Waals surface area contributed by atoms with Crippen molar-refractivity contribution in [2.75, 3.05) is 6.54 Å². The van der Waals surface area contributed by atoms with Crippen molar-refractivity contribution in [1.82, 2.24) is 4.98 Å². The van der Waals surface area contributed by atoms with E-state index in [2.05, 4.69) is 36.8 Å². The summed E-state index contributed by atoms with van der Waals surface area (Å²) in [5.41, 5.74) is 4.41. The van der Waals surface area contributed by atoms with Crippen molar-refractivity contribution in [1.29, 1.82) is 0 Å². The maximum Gasteiger partial charge on any atom is 0.416 e. The third-order valence-electron chi connectivity index (χ3n) is 4.96. The Morgan fingerprint density at radius 2 is 1.62 bits per heavy atom. The van der Waals surface area contributed by atoms with Crippen LogP contribution in [0.15, 0.2) is 58.0 Å². The summed E-state index contributed by atoms with van der Waals surface area (Å²) in [6.07, 6.45) is -1.37. The van der Waals surface area contributed by atoms with Crippen molar-refractivity contribution in [2.24, 2.45) is 10.4 Å². The van der Waals surface area contributed by atoms with Gasteiger partial charge in [-0.15, -0.1) is 0 Å². The van der Waals surface area contributed by atoms with Crippen LogP contribution in [0, 0.1) is 5.41 Å². The molecule has 150 valence electrons. The number of benzene rings is 2. The highest BCUT2D eigenvalue weighted by atomic mass is 19.4. The van der Waals surface area contributed by atoms with Crippen LogP contribution in [-0.4, -0.2) is 17.2 Å². The lowest BCUT2D eigenvalue weighted by Gasteiger charge is -2.23. The highest BCUT2D eigenvalue weighted by Gasteiger charge is 2.30. The summed E-state index contributed by atoms with van der Waals surface area (Å²) in [7, 11) is 0. The van der Waals surface area contributed by atoms with Gasteiger partial charge in [0.15, 0.2) is 5.58 Å². The number of aromatic nitrogens is 1. The SMILES string of the molecule is CC(C)(C)C1=NCCC(c2ccc3oc(-c4ccc(C(F)(F)F)cc4)nc3c2)=C1. The smallest absolute Gasteiger partial charge is 0.416 e. The first kappa shape index (κ1) is 19.4. The average molecular weight is 398 g/mol. The standard InChI is InChI=1S/C23H21F3N2O/c1-22(2,3)20-13-16(10-11-27-20)15-6-9-19-18(12-15)28-21(29-19)14-4-7-17(8-5-14)23(24,25)26/h4-9,12-13H,10-11H2,1-3H3. The Labute approximate surface area is 167 Å². The molecule has 0 saturated carbocycles. The number of rotatable bonds is 2. The molecule has 29 heavy (non-hydrogen) atoms. The van der Waals surface area contributed by atoms with Gasteiger partial charge in [-0.1, -0.05) is 26.8 Å². The molecule has 0 aliphatic carbocycles. The molecule has 1 aliphatic heterocycles. The fourth-order valence-electron chi connectivity index (χ4n) is 3.31. The van der Waals surface area contributed by atoms with Gasteiger partial charge in [-0.2, -0.15) is 13.2 Å². The number of fused-ring (bicyclic) bond motifs is 1. The lowest BCUT2D eigenvalue weighted by atomic mass is 9.85. The lowest BCUT2D eigenvalue weighted by Crippen LogP contribution is -2.21. The van der Waals surface area contributed by atoms with Crippen LogP contribution in [0.25, 0.3) is 28.1 Å². The topological polar surface area (TPSA) is 38.4 Å². The monoisotopic (exact) mass is 398 g/mol. The van der Waals surface area contributed by atoms with E-state index in [-0.39, 0.29) is 5.41 Å². The van der Waals surface area contributed by atoms with Gasteiger partial charge in [-0.25, -0.2) is 4.98 Å². The zero-order valence-electron chi connectivity index (χ0n) is 16.5. The van der Waals surface area contributed by atoms with Gasteiger partial charge in [0.1, 0.15) is 5.52 Å². The first-order valence-electron chi connectivity index (χ1n) is 9.45. The zero-order valence-corrected chi connectivity index (χ0v) is 16.5. The van der Waals surface area contributed by atoms with Crippen LogP contribution in [0.3, 0.4) is 0 Å². The van der Waals surface area contributed by atoms with E-state index in [1.54, 1.807) is 0 Å². The molecule has 2 aromatic carbocycles.